The van der Waals surface area contributed by atoms with Crippen molar-refractivity contribution in [2.24, 2.45) is 0 Å². The monoisotopic (exact) mass is 275 g/mol. The minimum Gasteiger partial charge on any atom is -0.462 e. The summed E-state index contributed by atoms with van der Waals surface area (Å²) in [7, 11) is 0. The first kappa shape index (κ1) is 14.1. The summed E-state index contributed by atoms with van der Waals surface area (Å²) in [6.45, 7) is 2.11. The lowest BCUT2D eigenvalue weighted by Gasteiger charge is -2.04. The molecule has 2 aromatic rings. The van der Waals surface area contributed by atoms with E-state index in [0.717, 1.165) is 5.56 Å². The summed E-state index contributed by atoms with van der Waals surface area (Å²) in [5.74, 6) is -0.301. The molecule has 2 rings (SSSR count). The largest absolute Gasteiger partial charge is 0.462 e. The molecule has 0 aliphatic heterocycles. The second kappa shape index (κ2) is 6.21. The van der Waals surface area contributed by atoms with Crippen LogP contribution in [-0.2, 0) is 11.3 Å². The van der Waals surface area contributed by atoms with Gasteiger partial charge in [0.15, 0.2) is 0 Å². The Labute approximate surface area is 116 Å². The molecule has 0 unspecified atom stereocenters. The quantitative estimate of drug-likeness (QED) is 0.803. The van der Waals surface area contributed by atoms with Crippen LogP contribution in [-0.4, -0.2) is 34.1 Å². The van der Waals surface area contributed by atoms with Crippen LogP contribution in [0, 0.1) is 0 Å². The predicted molar refractivity (Wildman–Crippen MR) is 75.1 cm³/mol. The Kier molecular flexibility index (Phi) is 4.37. The van der Waals surface area contributed by atoms with E-state index >= 15 is 0 Å². The maximum atomic E-state index is 12.1. The van der Waals surface area contributed by atoms with Gasteiger partial charge in [-0.05, 0) is 6.92 Å². The number of carbonyl (C=O) groups is 1. The molecule has 0 bridgehead atoms. The van der Waals surface area contributed by atoms with Gasteiger partial charge in [0.25, 0.3) is 0 Å². The molecule has 0 amide bonds. The molecule has 1 heterocycles. The van der Waals surface area contributed by atoms with Crippen molar-refractivity contribution >= 4 is 11.8 Å². The zero-order valence-electron chi connectivity index (χ0n) is 11.2. The third-order valence-corrected chi connectivity index (χ3v) is 2.83. The lowest BCUT2D eigenvalue weighted by atomic mass is 10.1. The van der Waals surface area contributed by atoms with Gasteiger partial charge in [-0.25, -0.2) is 9.48 Å². The highest BCUT2D eigenvalue weighted by atomic mass is 16.5. The van der Waals surface area contributed by atoms with Gasteiger partial charge in [-0.1, -0.05) is 30.3 Å². The van der Waals surface area contributed by atoms with E-state index in [-0.39, 0.29) is 31.1 Å². The van der Waals surface area contributed by atoms with E-state index < -0.39 is 5.97 Å². The van der Waals surface area contributed by atoms with Gasteiger partial charge < -0.3 is 15.6 Å². The number of anilines is 1. The summed E-state index contributed by atoms with van der Waals surface area (Å²) < 4.78 is 6.44. The SMILES string of the molecule is CCOC(=O)c1c(-c2ccccc2)nn(CCO)c1N. The Morgan fingerprint density at radius 3 is 2.70 bits per heavy atom. The van der Waals surface area contributed by atoms with E-state index in [1.807, 2.05) is 30.3 Å². The van der Waals surface area contributed by atoms with E-state index in [4.69, 9.17) is 15.6 Å². The number of aromatic nitrogens is 2. The highest BCUT2D eigenvalue weighted by molar-refractivity contribution is 6.00. The lowest BCUT2D eigenvalue weighted by molar-refractivity contribution is 0.0528. The third-order valence-electron chi connectivity index (χ3n) is 2.83. The van der Waals surface area contributed by atoms with Crippen molar-refractivity contribution in [3.8, 4) is 11.3 Å². The highest BCUT2D eigenvalue weighted by Crippen LogP contribution is 2.27. The Balaban J connectivity index is 2.54. The molecular weight excluding hydrogens is 258 g/mol. The maximum absolute atomic E-state index is 12.1. The van der Waals surface area contributed by atoms with Gasteiger partial charge in [-0.3, -0.25) is 0 Å². The van der Waals surface area contributed by atoms with Crippen LogP contribution in [0.4, 0.5) is 5.82 Å². The zero-order chi connectivity index (χ0) is 14.5. The summed E-state index contributed by atoms with van der Waals surface area (Å²) in [5, 5.41) is 13.3. The summed E-state index contributed by atoms with van der Waals surface area (Å²) in [5.41, 5.74) is 7.43. The molecule has 3 N–H and O–H groups in total. The van der Waals surface area contributed by atoms with Gasteiger partial charge in [0, 0.05) is 5.56 Å². The Morgan fingerprint density at radius 1 is 1.40 bits per heavy atom. The van der Waals surface area contributed by atoms with Crippen molar-refractivity contribution < 1.29 is 14.6 Å². The molecule has 20 heavy (non-hydrogen) atoms. The molecule has 0 aliphatic carbocycles. The van der Waals surface area contributed by atoms with Gasteiger partial charge >= 0.3 is 5.97 Å². The van der Waals surface area contributed by atoms with Gasteiger partial charge in [-0.15, -0.1) is 0 Å². The first-order chi connectivity index (χ1) is 9.69. The van der Waals surface area contributed by atoms with Crippen LogP contribution in [0.5, 0.6) is 0 Å². The first-order valence-corrected chi connectivity index (χ1v) is 6.38. The Bertz CT molecular complexity index is 593. The van der Waals surface area contributed by atoms with Crippen LogP contribution in [0.15, 0.2) is 30.3 Å². The number of carbonyl (C=O) groups excluding carboxylic acids is 1. The summed E-state index contributed by atoms with van der Waals surface area (Å²) in [4.78, 5) is 12.1. The van der Waals surface area contributed by atoms with Gasteiger partial charge in [0.2, 0.25) is 0 Å². The molecule has 0 saturated carbocycles. The normalized spacial score (nSPS) is 10.5. The smallest absolute Gasteiger partial charge is 0.344 e. The second-order valence-corrected chi connectivity index (χ2v) is 4.14. The Morgan fingerprint density at radius 2 is 2.10 bits per heavy atom. The lowest BCUT2D eigenvalue weighted by Crippen LogP contribution is -2.11. The number of rotatable bonds is 5. The number of hydrogen-bond acceptors (Lipinski definition) is 5. The van der Waals surface area contributed by atoms with Crippen molar-refractivity contribution in [2.75, 3.05) is 18.9 Å². The topological polar surface area (TPSA) is 90.4 Å². The van der Waals surface area contributed by atoms with Crippen molar-refractivity contribution in [1.82, 2.24) is 9.78 Å². The summed E-state index contributed by atoms with van der Waals surface area (Å²) >= 11 is 0. The fourth-order valence-corrected chi connectivity index (χ4v) is 1.94. The molecule has 0 radical (unpaired) electrons. The van der Waals surface area contributed by atoms with Crippen LogP contribution in [0.1, 0.15) is 17.3 Å². The number of nitrogens with two attached hydrogens (primary N) is 1. The number of nitrogens with zero attached hydrogens (tertiary/aromatic N) is 2. The van der Waals surface area contributed by atoms with Crippen LogP contribution in [0.3, 0.4) is 0 Å². The molecule has 0 saturated heterocycles. The second-order valence-electron chi connectivity index (χ2n) is 4.14. The first-order valence-electron chi connectivity index (χ1n) is 6.38. The fourth-order valence-electron chi connectivity index (χ4n) is 1.94. The summed E-state index contributed by atoms with van der Waals surface area (Å²) in [6, 6.07) is 9.26. The average molecular weight is 275 g/mol. The molecule has 0 spiro atoms. The number of aliphatic hydroxyl groups is 1. The minimum absolute atomic E-state index is 0.109. The van der Waals surface area contributed by atoms with E-state index in [1.165, 1.54) is 4.68 Å². The van der Waals surface area contributed by atoms with E-state index in [0.29, 0.717) is 5.69 Å². The average Bonchev–Trinajstić information content (AvgIpc) is 2.78. The molecule has 6 nitrogen and oxygen atoms in total. The minimum atomic E-state index is -0.506. The third kappa shape index (κ3) is 2.65. The molecule has 0 aliphatic rings. The number of hydrogen-bond donors (Lipinski definition) is 2. The number of aliphatic hydroxyl groups excluding tert-OH is 1. The number of esters is 1. The highest BCUT2D eigenvalue weighted by Gasteiger charge is 2.23. The van der Waals surface area contributed by atoms with E-state index in [9.17, 15) is 4.79 Å². The standard InChI is InChI=1S/C14H17N3O3/c1-2-20-14(19)11-12(10-6-4-3-5-7-10)16-17(8-9-18)13(11)15/h3-7,18H,2,8-9,15H2,1H3. The van der Waals surface area contributed by atoms with E-state index in [2.05, 4.69) is 5.10 Å². The van der Waals surface area contributed by atoms with Crippen LogP contribution < -0.4 is 5.73 Å². The molecule has 0 atom stereocenters. The fraction of sp³-hybridized carbons (Fsp3) is 0.286. The molecule has 0 fully saturated rings. The molecule has 6 heteroatoms. The zero-order valence-corrected chi connectivity index (χ0v) is 11.2. The molecule has 1 aromatic heterocycles. The van der Waals surface area contributed by atoms with E-state index in [1.54, 1.807) is 6.92 Å². The van der Waals surface area contributed by atoms with Gasteiger partial charge in [0.1, 0.15) is 17.1 Å². The van der Waals surface area contributed by atoms with Crippen molar-refractivity contribution in [2.45, 2.75) is 13.5 Å². The van der Waals surface area contributed by atoms with Gasteiger partial charge in [0.05, 0.1) is 19.8 Å². The molecule has 106 valence electrons. The predicted octanol–water partition coefficient (Wildman–Crippen LogP) is 1.30. The van der Waals surface area contributed by atoms with Crippen molar-refractivity contribution in [3.63, 3.8) is 0 Å². The number of nitrogen functional groups attached to an aromatic ring is 1. The Hall–Kier alpha value is -2.34. The van der Waals surface area contributed by atoms with Crippen LogP contribution in [0.25, 0.3) is 11.3 Å². The van der Waals surface area contributed by atoms with Crippen molar-refractivity contribution in [1.29, 1.82) is 0 Å². The number of benzene rings is 1. The summed E-state index contributed by atoms with van der Waals surface area (Å²) in [6.07, 6.45) is 0. The van der Waals surface area contributed by atoms with Crippen LogP contribution >= 0.6 is 0 Å². The number of ether oxygens (including phenoxy) is 1. The molecular formula is C14H17N3O3. The maximum Gasteiger partial charge on any atom is 0.344 e. The van der Waals surface area contributed by atoms with Crippen LogP contribution in [0.2, 0.25) is 0 Å². The molecule has 1 aromatic carbocycles. The van der Waals surface area contributed by atoms with Gasteiger partial charge in [-0.2, -0.15) is 5.10 Å². The van der Waals surface area contributed by atoms with Crippen molar-refractivity contribution in [3.05, 3.63) is 35.9 Å².